The topological polar surface area (TPSA) is 30.9 Å². The van der Waals surface area contributed by atoms with Gasteiger partial charge in [0.2, 0.25) is 6.33 Å². The van der Waals surface area contributed by atoms with Gasteiger partial charge in [-0.1, -0.05) is 63.8 Å². The lowest BCUT2D eigenvalue weighted by Gasteiger charge is -2.23. The molecule has 1 aliphatic carbocycles. The first-order valence-corrected chi connectivity index (χ1v) is 9.96. The van der Waals surface area contributed by atoms with Crippen LogP contribution >= 0.6 is 34.8 Å². The highest BCUT2D eigenvalue weighted by Gasteiger charge is 2.43. The Morgan fingerprint density at radius 3 is 2.37 bits per heavy atom. The molecule has 30 heavy (non-hydrogen) atoms. The zero-order valence-corrected chi connectivity index (χ0v) is 17.4. The molecule has 4 nitrogen and oxygen atoms in total. The average Bonchev–Trinajstić information content (AvgIpc) is 3.19. The van der Waals surface area contributed by atoms with Crippen LogP contribution in [-0.2, 0) is 17.8 Å². The van der Waals surface area contributed by atoms with E-state index in [1.54, 1.807) is 16.8 Å². The van der Waals surface area contributed by atoms with E-state index in [4.69, 9.17) is 39.5 Å². The predicted octanol–water partition coefficient (Wildman–Crippen LogP) is 5.46. The van der Waals surface area contributed by atoms with Gasteiger partial charge in [-0.15, -0.1) is 0 Å². The Labute approximate surface area is 184 Å². The largest absolute Gasteiger partial charge is 0.673 e. The lowest BCUT2D eigenvalue weighted by Crippen LogP contribution is -2.51. The average molecular weight is 480 g/mol. The minimum atomic E-state index is -6.00. The van der Waals surface area contributed by atoms with Gasteiger partial charge in [-0.05, 0) is 23.3 Å². The van der Waals surface area contributed by atoms with Crippen molar-refractivity contribution in [2.24, 2.45) is 0 Å². The second kappa shape index (κ2) is 8.03. The first-order valence-electron chi connectivity index (χ1n) is 8.83. The summed E-state index contributed by atoms with van der Waals surface area (Å²) in [5.74, 6) is 0.847. The van der Waals surface area contributed by atoms with Gasteiger partial charge < -0.3 is 22.0 Å². The van der Waals surface area contributed by atoms with Crippen LogP contribution in [0.25, 0.3) is 5.69 Å². The van der Waals surface area contributed by atoms with E-state index in [2.05, 4.69) is 33.9 Å². The van der Waals surface area contributed by atoms with Crippen LogP contribution in [0, 0.1) is 0 Å². The molecule has 2 atom stereocenters. The third-order valence-corrected chi connectivity index (χ3v) is 5.63. The second-order valence-corrected chi connectivity index (χ2v) is 8.04. The van der Waals surface area contributed by atoms with Crippen LogP contribution in [0.1, 0.15) is 23.0 Å². The van der Waals surface area contributed by atoms with Crippen molar-refractivity contribution in [1.29, 1.82) is 0 Å². The maximum atomic E-state index is 9.75. The van der Waals surface area contributed by atoms with Crippen molar-refractivity contribution in [3.63, 3.8) is 0 Å². The zero-order valence-electron chi connectivity index (χ0n) is 15.1. The van der Waals surface area contributed by atoms with Gasteiger partial charge in [-0.25, -0.2) is 4.57 Å². The molecule has 5 rings (SSSR count). The summed E-state index contributed by atoms with van der Waals surface area (Å²) in [6.45, 7) is 0.463. The molecule has 1 aliphatic heterocycles. The Morgan fingerprint density at radius 1 is 1.07 bits per heavy atom. The third kappa shape index (κ3) is 4.30. The minimum Gasteiger partial charge on any atom is -0.418 e. The van der Waals surface area contributed by atoms with Crippen molar-refractivity contribution in [2.45, 2.75) is 25.2 Å². The van der Waals surface area contributed by atoms with Crippen molar-refractivity contribution in [1.82, 2.24) is 9.78 Å². The monoisotopic (exact) mass is 479 g/mol. The predicted molar refractivity (Wildman–Crippen MR) is 106 cm³/mol. The lowest BCUT2D eigenvalue weighted by molar-refractivity contribution is -0.739. The SMILES string of the molecule is Clc1cc(Cl)c(-n2c[n+]3c(n2)CO[C@H]2Cc4ccccc4[C@@H]23)c(Cl)c1.F[B-](F)(F)F. The molecule has 0 unspecified atom stereocenters. The van der Waals surface area contributed by atoms with E-state index in [-0.39, 0.29) is 12.1 Å². The van der Waals surface area contributed by atoms with E-state index in [9.17, 15) is 17.3 Å². The second-order valence-electron chi connectivity index (χ2n) is 6.79. The number of rotatable bonds is 1. The van der Waals surface area contributed by atoms with Crippen molar-refractivity contribution >= 4 is 42.1 Å². The van der Waals surface area contributed by atoms with Gasteiger partial charge in [0, 0.05) is 16.5 Å². The van der Waals surface area contributed by atoms with Gasteiger partial charge in [0.25, 0.3) is 0 Å². The van der Waals surface area contributed by atoms with Gasteiger partial charge in [-0.3, -0.25) is 0 Å². The normalized spacial score (nSPS) is 19.4. The van der Waals surface area contributed by atoms with E-state index >= 15 is 0 Å². The van der Waals surface area contributed by atoms with Gasteiger partial charge >= 0.3 is 13.1 Å². The molecule has 0 fully saturated rings. The summed E-state index contributed by atoms with van der Waals surface area (Å²) in [7, 11) is -6.00. The van der Waals surface area contributed by atoms with Crippen molar-refractivity contribution in [3.8, 4) is 5.69 Å². The number of hydrogen-bond donors (Lipinski definition) is 0. The Bertz CT molecular complexity index is 1080. The molecule has 12 heteroatoms. The van der Waals surface area contributed by atoms with E-state index in [1.807, 2.05) is 6.33 Å². The zero-order chi connectivity index (χ0) is 21.6. The van der Waals surface area contributed by atoms with E-state index < -0.39 is 7.25 Å². The molecule has 0 N–H and O–H groups in total. The molecule has 0 saturated carbocycles. The number of nitrogens with zero attached hydrogens (tertiary/aromatic N) is 3. The smallest absolute Gasteiger partial charge is 0.418 e. The fraction of sp³-hybridized carbons (Fsp3) is 0.222. The highest BCUT2D eigenvalue weighted by molar-refractivity contribution is 6.50. The first-order chi connectivity index (χ1) is 14.1. The minimum absolute atomic E-state index is 0.124. The van der Waals surface area contributed by atoms with Gasteiger partial charge in [0.05, 0.1) is 10.0 Å². The summed E-state index contributed by atoms with van der Waals surface area (Å²) in [6, 6.07) is 11.9. The maximum Gasteiger partial charge on any atom is 0.673 e. The van der Waals surface area contributed by atoms with Crippen LogP contribution in [0.5, 0.6) is 0 Å². The molecule has 2 aromatic carbocycles. The van der Waals surface area contributed by atoms with Gasteiger partial charge in [0.1, 0.15) is 18.8 Å². The van der Waals surface area contributed by atoms with Crippen molar-refractivity contribution in [2.75, 3.05) is 0 Å². The van der Waals surface area contributed by atoms with E-state index in [0.29, 0.717) is 27.4 Å². The third-order valence-electron chi connectivity index (χ3n) is 4.84. The number of hydrogen-bond acceptors (Lipinski definition) is 2. The van der Waals surface area contributed by atoms with Crippen molar-refractivity contribution < 1.29 is 26.6 Å². The Hall–Kier alpha value is -1.81. The lowest BCUT2D eigenvalue weighted by atomic mass is 10.1. The summed E-state index contributed by atoms with van der Waals surface area (Å²) >= 11 is 18.7. The summed E-state index contributed by atoms with van der Waals surface area (Å²) in [4.78, 5) is 0. The molecule has 0 spiro atoms. The van der Waals surface area contributed by atoms with Crippen molar-refractivity contribution in [3.05, 3.63) is 74.7 Å². The number of fused-ring (bicyclic) bond motifs is 5. The number of halogens is 7. The molecule has 0 radical (unpaired) electrons. The molecular formula is C18H13BCl3F4N3O. The molecule has 0 bridgehead atoms. The van der Waals surface area contributed by atoms with Gasteiger partial charge in [-0.2, -0.15) is 0 Å². The molecule has 2 heterocycles. The van der Waals surface area contributed by atoms with E-state index in [1.165, 1.54) is 11.1 Å². The number of aromatic nitrogens is 3. The summed E-state index contributed by atoms with van der Waals surface area (Å²) in [6.07, 6.45) is 2.99. The number of benzene rings is 2. The quantitative estimate of drug-likeness (QED) is 0.263. The summed E-state index contributed by atoms with van der Waals surface area (Å²) < 4.78 is 48.9. The molecule has 0 saturated heterocycles. The Kier molecular flexibility index (Phi) is 5.74. The molecule has 158 valence electrons. The standard InChI is InChI=1S/C18H13Cl3N3O.BF4/c19-11-6-13(20)18(14(21)7-11)24-9-23-16(22-24)8-25-15-5-10-3-1-2-4-12(10)17(15)23;2-1(3,4)5/h1-4,6-7,9,15,17H,5,8H2;/q+1;-1/t15-,17-;/m0./s1. The summed E-state index contributed by atoms with van der Waals surface area (Å²) in [5, 5.41) is 6.07. The van der Waals surface area contributed by atoms with Crippen LogP contribution in [0.4, 0.5) is 17.3 Å². The fourth-order valence-electron chi connectivity index (χ4n) is 3.78. The van der Waals surface area contributed by atoms with Crippen LogP contribution in [0.2, 0.25) is 15.1 Å². The fourth-order valence-corrected chi connectivity index (χ4v) is 4.77. The Morgan fingerprint density at radius 2 is 1.70 bits per heavy atom. The molecule has 0 amide bonds. The highest BCUT2D eigenvalue weighted by Crippen LogP contribution is 2.36. The van der Waals surface area contributed by atoms with Crippen LogP contribution < -0.4 is 4.57 Å². The van der Waals surface area contributed by atoms with Crippen LogP contribution in [-0.4, -0.2) is 23.1 Å². The van der Waals surface area contributed by atoms with Crippen LogP contribution in [0.3, 0.4) is 0 Å². The van der Waals surface area contributed by atoms with E-state index in [0.717, 1.165) is 12.2 Å². The molecule has 3 aromatic rings. The first kappa shape index (κ1) is 21.4. The highest BCUT2D eigenvalue weighted by atomic mass is 35.5. The number of ether oxygens (including phenoxy) is 1. The maximum absolute atomic E-state index is 9.75. The molecular weight excluding hydrogens is 467 g/mol. The van der Waals surface area contributed by atoms with Crippen LogP contribution in [0.15, 0.2) is 42.7 Å². The molecule has 1 aromatic heterocycles. The Balaban J connectivity index is 0.000000393. The van der Waals surface area contributed by atoms with Gasteiger partial charge in [0.15, 0.2) is 5.69 Å². The summed E-state index contributed by atoms with van der Waals surface area (Å²) in [5.41, 5.74) is 3.23. The molecule has 2 aliphatic rings.